The average molecular weight is 325 g/mol. The van der Waals surface area contributed by atoms with E-state index in [1.54, 1.807) is 19.2 Å². The molecule has 1 unspecified atom stereocenters. The number of halogens is 1. The molecule has 1 atom stereocenters. The van der Waals surface area contributed by atoms with E-state index in [1.807, 2.05) is 31.2 Å². The van der Waals surface area contributed by atoms with Crippen molar-refractivity contribution in [3.63, 3.8) is 0 Å². The minimum absolute atomic E-state index is 0.00867. The Kier molecular flexibility index (Phi) is 4.54. The SMILES string of the molecule is CC(Nc1nc(C(C)(C)C(=O)O)cs1)c1ccccc1Cl. The van der Waals surface area contributed by atoms with Gasteiger partial charge >= 0.3 is 5.97 Å². The maximum absolute atomic E-state index is 11.2. The van der Waals surface area contributed by atoms with Gasteiger partial charge in [-0.15, -0.1) is 11.3 Å². The third-order valence-electron chi connectivity index (χ3n) is 3.39. The number of thiazole rings is 1. The fourth-order valence-corrected chi connectivity index (χ4v) is 3.09. The van der Waals surface area contributed by atoms with Crippen molar-refractivity contribution in [1.82, 2.24) is 4.98 Å². The van der Waals surface area contributed by atoms with Crippen LogP contribution in [-0.4, -0.2) is 16.1 Å². The van der Waals surface area contributed by atoms with Gasteiger partial charge in [0.25, 0.3) is 0 Å². The number of aliphatic carboxylic acids is 1. The lowest BCUT2D eigenvalue weighted by molar-refractivity contribution is -0.142. The molecule has 0 aliphatic carbocycles. The van der Waals surface area contributed by atoms with Crippen molar-refractivity contribution in [2.45, 2.75) is 32.2 Å². The molecule has 1 aromatic carbocycles. The van der Waals surface area contributed by atoms with Crippen LogP contribution in [0.1, 0.15) is 38.1 Å². The fraction of sp³-hybridized carbons (Fsp3) is 0.333. The van der Waals surface area contributed by atoms with Crippen molar-refractivity contribution in [3.05, 3.63) is 45.9 Å². The first-order chi connectivity index (χ1) is 9.82. The quantitative estimate of drug-likeness (QED) is 0.859. The lowest BCUT2D eigenvalue weighted by Gasteiger charge is -2.17. The third kappa shape index (κ3) is 3.36. The zero-order chi connectivity index (χ0) is 15.6. The number of hydrogen-bond donors (Lipinski definition) is 2. The molecule has 0 saturated heterocycles. The van der Waals surface area contributed by atoms with Crippen LogP contribution in [0, 0.1) is 0 Å². The number of rotatable bonds is 5. The monoisotopic (exact) mass is 324 g/mol. The maximum Gasteiger partial charge on any atom is 0.315 e. The minimum atomic E-state index is -0.996. The van der Waals surface area contributed by atoms with E-state index in [9.17, 15) is 9.90 Å². The van der Waals surface area contributed by atoms with Gasteiger partial charge in [0.1, 0.15) is 5.41 Å². The summed E-state index contributed by atoms with van der Waals surface area (Å²) in [6.45, 7) is 5.28. The number of carboxylic acids is 1. The molecule has 0 radical (unpaired) electrons. The Hall–Kier alpha value is -1.59. The van der Waals surface area contributed by atoms with E-state index in [4.69, 9.17) is 11.6 Å². The van der Waals surface area contributed by atoms with Crippen LogP contribution in [0.15, 0.2) is 29.6 Å². The largest absolute Gasteiger partial charge is 0.481 e. The zero-order valence-corrected chi connectivity index (χ0v) is 13.6. The highest BCUT2D eigenvalue weighted by atomic mass is 35.5. The van der Waals surface area contributed by atoms with Crippen LogP contribution in [0.2, 0.25) is 5.02 Å². The lowest BCUT2D eigenvalue weighted by Crippen LogP contribution is -2.28. The number of carbonyl (C=O) groups is 1. The standard InChI is InChI=1S/C15H17ClN2O2S/c1-9(10-6-4-5-7-11(10)16)17-14-18-12(8-21-14)15(2,3)13(19)20/h4-9H,1-3H3,(H,17,18)(H,19,20). The van der Waals surface area contributed by atoms with Crippen LogP contribution in [-0.2, 0) is 10.2 Å². The van der Waals surface area contributed by atoms with Crippen molar-refractivity contribution in [2.24, 2.45) is 0 Å². The highest BCUT2D eigenvalue weighted by Crippen LogP contribution is 2.30. The molecule has 1 aromatic heterocycles. The number of hydrogen-bond acceptors (Lipinski definition) is 4. The van der Waals surface area contributed by atoms with Gasteiger partial charge in [0, 0.05) is 10.4 Å². The molecule has 21 heavy (non-hydrogen) atoms. The maximum atomic E-state index is 11.2. The van der Waals surface area contributed by atoms with Crippen molar-refractivity contribution in [3.8, 4) is 0 Å². The van der Waals surface area contributed by atoms with Gasteiger partial charge in [0.2, 0.25) is 0 Å². The fourth-order valence-electron chi connectivity index (χ4n) is 1.83. The van der Waals surface area contributed by atoms with Crippen LogP contribution in [0.4, 0.5) is 5.13 Å². The first kappa shape index (κ1) is 15.8. The van der Waals surface area contributed by atoms with Gasteiger partial charge in [-0.1, -0.05) is 29.8 Å². The Morgan fingerprint density at radius 2 is 2.10 bits per heavy atom. The number of benzene rings is 1. The molecule has 0 spiro atoms. The predicted octanol–water partition coefficient (Wildman–Crippen LogP) is 4.33. The van der Waals surface area contributed by atoms with Crippen LogP contribution in [0.25, 0.3) is 0 Å². The summed E-state index contributed by atoms with van der Waals surface area (Å²) in [5, 5.41) is 15.6. The lowest BCUT2D eigenvalue weighted by atomic mass is 9.90. The van der Waals surface area contributed by atoms with Gasteiger partial charge < -0.3 is 10.4 Å². The number of anilines is 1. The summed E-state index contributed by atoms with van der Waals surface area (Å²) in [5.41, 5.74) is 0.534. The molecular formula is C15H17ClN2O2S. The predicted molar refractivity (Wildman–Crippen MR) is 86.3 cm³/mol. The summed E-state index contributed by atoms with van der Waals surface area (Å²) in [6.07, 6.45) is 0. The Bertz CT molecular complexity index is 655. The van der Waals surface area contributed by atoms with Crippen LogP contribution < -0.4 is 5.32 Å². The number of nitrogens with zero attached hydrogens (tertiary/aromatic N) is 1. The van der Waals surface area contributed by atoms with Gasteiger partial charge in [-0.3, -0.25) is 4.79 Å². The Balaban J connectivity index is 2.17. The summed E-state index contributed by atoms with van der Waals surface area (Å²) in [6, 6.07) is 7.60. The van der Waals surface area contributed by atoms with E-state index >= 15 is 0 Å². The number of carboxylic acid groups (broad SMARTS) is 1. The molecule has 1 heterocycles. The topological polar surface area (TPSA) is 62.2 Å². The second-order valence-corrected chi connectivity index (χ2v) is 6.62. The molecule has 2 N–H and O–H groups in total. The van der Waals surface area contributed by atoms with E-state index in [1.165, 1.54) is 11.3 Å². The Morgan fingerprint density at radius 1 is 1.43 bits per heavy atom. The van der Waals surface area contributed by atoms with Gasteiger partial charge in [0.05, 0.1) is 11.7 Å². The Morgan fingerprint density at radius 3 is 2.71 bits per heavy atom. The molecule has 2 aromatic rings. The van der Waals surface area contributed by atoms with Crippen molar-refractivity contribution < 1.29 is 9.90 Å². The van der Waals surface area contributed by atoms with Crippen molar-refractivity contribution in [1.29, 1.82) is 0 Å². The van der Waals surface area contributed by atoms with Crippen LogP contribution >= 0.6 is 22.9 Å². The summed E-state index contributed by atoms with van der Waals surface area (Å²) < 4.78 is 0. The molecule has 112 valence electrons. The van der Waals surface area contributed by atoms with E-state index in [0.29, 0.717) is 15.8 Å². The molecule has 6 heteroatoms. The molecule has 0 aliphatic heterocycles. The molecule has 0 aliphatic rings. The molecule has 2 rings (SSSR count). The van der Waals surface area contributed by atoms with Crippen LogP contribution in [0.3, 0.4) is 0 Å². The molecular weight excluding hydrogens is 308 g/mol. The highest BCUT2D eigenvalue weighted by Gasteiger charge is 2.32. The van der Waals surface area contributed by atoms with Crippen molar-refractivity contribution >= 4 is 34.0 Å². The van der Waals surface area contributed by atoms with Gasteiger partial charge in [-0.25, -0.2) is 4.98 Å². The highest BCUT2D eigenvalue weighted by molar-refractivity contribution is 7.13. The van der Waals surface area contributed by atoms with E-state index in [-0.39, 0.29) is 6.04 Å². The average Bonchev–Trinajstić information content (AvgIpc) is 2.88. The number of aromatic nitrogens is 1. The summed E-state index contributed by atoms with van der Waals surface area (Å²) in [4.78, 5) is 15.6. The first-order valence-electron chi connectivity index (χ1n) is 6.52. The molecule has 0 saturated carbocycles. The summed E-state index contributed by atoms with van der Waals surface area (Å²) in [5.74, 6) is -0.890. The summed E-state index contributed by atoms with van der Waals surface area (Å²) >= 11 is 7.56. The van der Waals surface area contributed by atoms with Gasteiger partial charge in [0.15, 0.2) is 5.13 Å². The minimum Gasteiger partial charge on any atom is -0.481 e. The van der Waals surface area contributed by atoms with Crippen molar-refractivity contribution in [2.75, 3.05) is 5.32 Å². The van der Waals surface area contributed by atoms with E-state index < -0.39 is 11.4 Å². The first-order valence-corrected chi connectivity index (χ1v) is 7.78. The summed E-state index contributed by atoms with van der Waals surface area (Å²) in [7, 11) is 0. The van der Waals surface area contributed by atoms with E-state index in [0.717, 1.165) is 5.56 Å². The normalized spacial score (nSPS) is 13.0. The molecule has 0 amide bonds. The Labute approximate surface area is 132 Å². The van der Waals surface area contributed by atoms with Gasteiger partial charge in [-0.2, -0.15) is 0 Å². The molecule has 4 nitrogen and oxygen atoms in total. The van der Waals surface area contributed by atoms with Crippen LogP contribution in [0.5, 0.6) is 0 Å². The second-order valence-electron chi connectivity index (χ2n) is 5.36. The molecule has 0 bridgehead atoms. The van der Waals surface area contributed by atoms with Gasteiger partial charge in [-0.05, 0) is 32.4 Å². The smallest absolute Gasteiger partial charge is 0.315 e. The number of nitrogens with one attached hydrogen (secondary N) is 1. The third-order valence-corrected chi connectivity index (χ3v) is 4.51. The second kappa shape index (κ2) is 6.03. The van der Waals surface area contributed by atoms with E-state index in [2.05, 4.69) is 10.3 Å². The zero-order valence-electron chi connectivity index (χ0n) is 12.1. The molecule has 0 fully saturated rings.